The van der Waals surface area contributed by atoms with Gasteiger partial charge in [0.2, 0.25) is 5.91 Å². The molecule has 7 heteroatoms. The van der Waals surface area contributed by atoms with Gasteiger partial charge in [-0.25, -0.2) is 13.8 Å². The maximum absolute atomic E-state index is 13.6. The van der Waals surface area contributed by atoms with E-state index in [9.17, 15) is 13.6 Å². The number of carbonyl (C=O) groups excluding carboxylic acids is 1. The summed E-state index contributed by atoms with van der Waals surface area (Å²) >= 11 is 1.52. The number of anilines is 1. The highest BCUT2D eigenvalue weighted by Crippen LogP contribution is 2.32. The molecule has 1 heterocycles. The van der Waals surface area contributed by atoms with Crippen LogP contribution in [0.15, 0.2) is 30.3 Å². The van der Waals surface area contributed by atoms with Crippen LogP contribution in [0, 0.1) is 25.5 Å². The molecule has 3 rings (SSSR count). The predicted octanol–water partition coefficient (Wildman–Crippen LogP) is 3.94. The van der Waals surface area contributed by atoms with Crippen molar-refractivity contribution >= 4 is 32.6 Å². The molecule has 3 aromatic rings. The van der Waals surface area contributed by atoms with E-state index in [-0.39, 0.29) is 24.6 Å². The minimum absolute atomic E-state index is 0.0496. The summed E-state index contributed by atoms with van der Waals surface area (Å²) in [6, 6.07) is 7.71. The monoisotopic (exact) mass is 375 g/mol. The minimum atomic E-state index is -0.671. The lowest BCUT2D eigenvalue weighted by molar-refractivity contribution is -0.119. The number of benzene rings is 2. The summed E-state index contributed by atoms with van der Waals surface area (Å²) in [6.45, 7) is 3.89. The summed E-state index contributed by atoms with van der Waals surface area (Å²) in [6.07, 6.45) is 0. The van der Waals surface area contributed by atoms with Crippen molar-refractivity contribution in [1.29, 1.82) is 0 Å². The number of thiazole rings is 1. The van der Waals surface area contributed by atoms with Gasteiger partial charge in [0.25, 0.3) is 0 Å². The van der Waals surface area contributed by atoms with Crippen LogP contribution in [0.4, 0.5) is 13.9 Å². The van der Waals surface area contributed by atoms with Gasteiger partial charge in [-0.05, 0) is 37.1 Å². The largest absolute Gasteiger partial charge is 0.350 e. The van der Waals surface area contributed by atoms with Gasteiger partial charge in [-0.1, -0.05) is 29.5 Å². The molecule has 4 nitrogen and oxygen atoms in total. The standard InChI is InChI=1S/C19H19F2N3OS/c1-11-7-8-12(2)18-17(11)23-19(26-18)24(3)10-16(25)22-9-13-14(20)5-4-6-15(13)21/h4-8H,9-10H2,1-3H3,(H,22,25). The molecule has 0 saturated carbocycles. The summed E-state index contributed by atoms with van der Waals surface area (Å²) < 4.78 is 28.3. The van der Waals surface area contributed by atoms with Crippen LogP contribution >= 0.6 is 11.3 Å². The first-order valence-corrected chi connectivity index (χ1v) is 8.96. The average molecular weight is 375 g/mol. The zero-order valence-corrected chi connectivity index (χ0v) is 15.6. The molecule has 0 fully saturated rings. The molecular formula is C19H19F2N3OS. The Morgan fingerprint density at radius 3 is 2.46 bits per heavy atom. The Hall–Kier alpha value is -2.54. The molecule has 1 aromatic heterocycles. The van der Waals surface area contributed by atoms with Crippen LogP contribution in [0.25, 0.3) is 10.2 Å². The molecule has 0 aliphatic carbocycles. The maximum atomic E-state index is 13.6. The van der Waals surface area contributed by atoms with Crippen molar-refractivity contribution in [3.8, 4) is 0 Å². The number of aryl methyl sites for hydroxylation is 2. The molecule has 26 heavy (non-hydrogen) atoms. The SMILES string of the molecule is Cc1ccc(C)c2sc(N(C)CC(=O)NCc3c(F)cccc3F)nc12. The molecular weight excluding hydrogens is 356 g/mol. The van der Waals surface area contributed by atoms with Gasteiger partial charge < -0.3 is 10.2 Å². The number of hydrogen-bond acceptors (Lipinski definition) is 4. The summed E-state index contributed by atoms with van der Waals surface area (Å²) in [7, 11) is 1.77. The summed E-state index contributed by atoms with van der Waals surface area (Å²) in [5, 5.41) is 3.28. The van der Waals surface area contributed by atoms with Crippen LogP contribution in [0.5, 0.6) is 0 Å². The number of fused-ring (bicyclic) bond motifs is 1. The number of aromatic nitrogens is 1. The fourth-order valence-corrected chi connectivity index (χ4v) is 3.71. The summed E-state index contributed by atoms with van der Waals surface area (Å²) in [5.74, 6) is -1.67. The molecule has 0 unspecified atom stereocenters. The topological polar surface area (TPSA) is 45.2 Å². The van der Waals surface area contributed by atoms with Gasteiger partial charge in [-0.3, -0.25) is 4.79 Å². The van der Waals surface area contributed by atoms with Crippen molar-refractivity contribution in [3.63, 3.8) is 0 Å². The molecule has 2 aromatic carbocycles. The molecule has 136 valence electrons. The van der Waals surface area contributed by atoms with Crippen molar-refractivity contribution in [2.45, 2.75) is 20.4 Å². The van der Waals surface area contributed by atoms with E-state index in [0.29, 0.717) is 0 Å². The van der Waals surface area contributed by atoms with E-state index in [0.717, 1.165) is 26.5 Å². The molecule has 0 aliphatic heterocycles. The van der Waals surface area contributed by atoms with E-state index in [1.807, 2.05) is 19.9 Å². The number of rotatable bonds is 5. The van der Waals surface area contributed by atoms with E-state index < -0.39 is 11.6 Å². The van der Waals surface area contributed by atoms with Gasteiger partial charge in [0.1, 0.15) is 11.6 Å². The van der Waals surface area contributed by atoms with Crippen LogP contribution in [-0.4, -0.2) is 24.5 Å². The predicted molar refractivity (Wildman–Crippen MR) is 101 cm³/mol. The molecule has 0 spiro atoms. The van der Waals surface area contributed by atoms with Crippen molar-refractivity contribution < 1.29 is 13.6 Å². The second-order valence-corrected chi connectivity index (χ2v) is 7.18. The highest BCUT2D eigenvalue weighted by Gasteiger charge is 2.15. The van der Waals surface area contributed by atoms with Crippen LogP contribution in [0.2, 0.25) is 0 Å². The van der Waals surface area contributed by atoms with Crippen LogP contribution in [0.3, 0.4) is 0 Å². The van der Waals surface area contributed by atoms with Crippen molar-refractivity contribution in [2.75, 3.05) is 18.5 Å². The first-order valence-electron chi connectivity index (χ1n) is 8.14. The first-order chi connectivity index (χ1) is 12.4. The minimum Gasteiger partial charge on any atom is -0.350 e. The van der Waals surface area contributed by atoms with E-state index in [2.05, 4.69) is 16.4 Å². The summed E-state index contributed by atoms with van der Waals surface area (Å²) in [5.41, 5.74) is 3.02. The Morgan fingerprint density at radius 1 is 1.15 bits per heavy atom. The lowest BCUT2D eigenvalue weighted by atomic mass is 10.1. The van der Waals surface area contributed by atoms with E-state index in [1.54, 1.807) is 11.9 Å². The molecule has 1 amide bonds. The number of nitrogens with one attached hydrogen (secondary N) is 1. The molecule has 0 saturated heterocycles. The van der Waals surface area contributed by atoms with Crippen LogP contribution < -0.4 is 10.2 Å². The Bertz CT molecular complexity index is 912. The number of carbonyl (C=O) groups is 1. The van der Waals surface area contributed by atoms with E-state index >= 15 is 0 Å². The lowest BCUT2D eigenvalue weighted by Gasteiger charge is -2.15. The molecule has 0 atom stereocenters. The van der Waals surface area contributed by atoms with Gasteiger partial charge in [0.15, 0.2) is 5.13 Å². The highest BCUT2D eigenvalue weighted by atomic mass is 32.1. The Balaban J connectivity index is 1.68. The third-order valence-corrected chi connectivity index (χ3v) is 5.47. The Labute approximate surface area is 154 Å². The average Bonchev–Trinajstić information content (AvgIpc) is 3.05. The zero-order valence-electron chi connectivity index (χ0n) is 14.8. The Kier molecular flexibility index (Phi) is 5.18. The van der Waals surface area contributed by atoms with E-state index in [4.69, 9.17) is 0 Å². The van der Waals surface area contributed by atoms with Gasteiger partial charge in [-0.2, -0.15) is 0 Å². The van der Waals surface area contributed by atoms with Crippen LogP contribution in [0.1, 0.15) is 16.7 Å². The normalized spacial score (nSPS) is 11.0. The third-order valence-electron chi connectivity index (χ3n) is 4.16. The fourth-order valence-electron chi connectivity index (χ4n) is 2.64. The van der Waals surface area contributed by atoms with E-state index in [1.165, 1.54) is 29.5 Å². The third kappa shape index (κ3) is 3.67. The van der Waals surface area contributed by atoms with Gasteiger partial charge in [0.05, 0.1) is 16.8 Å². The molecule has 0 aliphatic rings. The molecule has 0 radical (unpaired) electrons. The zero-order chi connectivity index (χ0) is 18.8. The van der Waals surface area contributed by atoms with Crippen molar-refractivity contribution in [3.05, 3.63) is 58.7 Å². The first kappa shape index (κ1) is 18.3. The number of amides is 1. The molecule has 0 bridgehead atoms. The van der Waals surface area contributed by atoms with Crippen LogP contribution in [-0.2, 0) is 11.3 Å². The second-order valence-electron chi connectivity index (χ2n) is 6.21. The number of halogens is 2. The number of likely N-dealkylation sites (N-methyl/N-ethyl adjacent to an activating group) is 1. The van der Waals surface area contributed by atoms with Crippen molar-refractivity contribution in [2.24, 2.45) is 0 Å². The quantitative estimate of drug-likeness (QED) is 0.735. The lowest BCUT2D eigenvalue weighted by Crippen LogP contribution is -2.35. The number of nitrogens with zero attached hydrogens (tertiary/aromatic N) is 2. The Morgan fingerprint density at radius 2 is 1.81 bits per heavy atom. The second kappa shape index (κ2) is 7.37. The van der Waals surface area contributed by atoms with Gasteiger partial charge in [0, 0.05) is 19.2 Å². The fraction of sp³-hybridized carbons (Fsp3) is 0.263. The smallest absolute Gasteiger partial charge is 0.239 e. The number of hydrogen-bond donors (Lipinski definition) is 1. The van der Waals surface area contributed by atoms with Gasteiger partial charge >= 0.3 is 0 Å². The van der Waals surface area contributed by atoms with Crippen molar-refractivity contribution in [1.82, 2.24) is 10.3 Å². The van der Waals surface area contributed by atoms with Gasteiger partial charge in [-0.15, -0.1) is 0 Å². The highest BCUT2D eigenvalue weighted by molar-refractivity contribution is 7.22. The summed E-state index contributed by atoms with van der Waals surface area (Å²) in [4.78, 5) is 18.5. The maximum Gasteiger partial charge on any atom is 0.239 e. The molecule has 1 N–H and O–H groups in total.